The van der Waals surface area contributed by atoms with Gasteiger partial charge in [0.25, 0.3) is 0 Å². The molecule has 4 rings (SSSR count). The minimum Gasteiger partial charge on any atom is -0.371 e. The van der Waals surface area contributed by atoms with Crippen LogP contribution in [0.2, 0.25) is 0 Å². The van der Waals surface area contributed by atoms with E-state index in [1.165, 1.54) is 6.20 Å². The third-order valence-electron chi connectivity index (χ3n) is 4.70. The van der Waals surface area contributed by atoms with Crippen LogP contribution in [0.15, 0.2) is 30.9 Å². The molecule has 2 aliphatic heterocycles. The molecule has 4 heterocycles. The molecule has 30 heavy (non-hydrogen) atoms. The molecule has 0 aliphatic carbocycles. The second-order valence-corrected chi connectivity index (χ2v) is 7.43. The number of ether oxygens (including phenoxy) is 3. The lowest BCUT2D eigenvalue weighted by molar-refractivity contribution is -0.152. The second kappa shape index (κ2) is 7.93. The van der Waals surface area contributed by atoms with E-state index in [0.717, 1.165) is 0 Å². The van der Waals surface area contributed by atoms with Crippen LogP contribution in [0.3, 0.4) is 0 Å². The Hall–Kier alpha value is -2.57. The molecular formula is C18H21F3N6O3. The van der Waals surface area contributed by atoms with Crippen molar-refractivity contribution < 1.29 is 27.4 Å². The fraction of sp³-hybridized carbons (Fsp3) is 0.556. The van der Waals surface area contributed by atoms with E-state index in [9.17, 15) is 13.2 Å². The number of nitrogens with one attached hydrogen (secondary N) is 2. The Morgan fingerprint density at radius 2 is 1.87 bits per heavy atom. The monoisotopic (exact) mass is 426 g/mol. The van der Waals surface area contributed by atoms with Crippen molar-refractivity contribution in [3.05, 3.63) is 36.5 Å². The molecule has 4 atom stereocenters. The first kappa shape index (κ1) is 20.7. The van der Waals surface area contributed by atoms with Gasteiger partial charge in [-0.3, -0.25) is 4.98 Å². The minimum atomic E-state index is -4.58. The summed E-state index contributed by atoms with van der Waals surface area (Å²) in [5.41, 5.74) is -1.07. The molecule has 2 aromatic heterocycles. The van der Waals surface area contributed by atoms with E-state index in [1.54, 1.807) is 32.3 Å². The molecule has 0 amide bonds. The first-order chi connectivity index (χ1) is 14.2. The quantitative estimate of drug-likeness (QED) is 0.744. The number of alkyl halides is 3. The Kier molecular flexibility index (Phi) is 5.47. The number of aromatic nitrogens is 4. The highest BCUT2D eigenvalue weighted by molar-refractivity contribution is 5.35. The summed E-state index contributed by atoms with van der Waals surface area (Å²) in [5.74, 6) is -0.431. The average molecular weight is 426 g/mol. The van der Waals surface area contributed by atoms with E-state index in [-0.39, 0.29) is 18.5 Å². The van der Waals surface area contributed by atoms with Gasteiger partial charge >= 0.3 is 6.18 Å². The average Bonchev–Trinajstić information content (AvgIpc) is 3.03. The van der Waals surface area contributed by atoms with E-state index >= 15 is 0 Å². The zero-order valence-corrected chi connectivity index (χ0v) is 16.3. The largest absolute Gasteiger partial charge is 0.434 e. The predicted octanol–water partition coefficient (Wildman–Crippen LogP) is 2.10. The molecule has 0 aromatic carbocycles. The van der Waals surface area contributed by atoms with Gasteiger partial charge in [-0.1, -0.05) is 0 Å². The van der Waals surface area contributed by atoms with E-state index in [2.05, 4.69) is 30.6 Å². The number of anilines is 2. The molecule has 2 N–H and O–H groups in total. The van der Waals surface area contributed by atoms with Crippen LogP contribution < -0.4 is 10.6 Å². The van der Waals surface area contributed by atoms with Crippen LogP contribution in [0.25, 0.3) is 0 Å². The van der Waals surface area contributed by atoms with Gasteiger partial charge in [0.05, 0.1) is 25.0 Å². The molecule has 2 aromatic rings. The molecule has 0 bridgehead atoms. The molecular weight excluding hydrogens is 405 g/mol. The molecule has 2 fully saturated rings. The van der Waals surface area contributed by atoms with Crippen LogP contribution in [0, 0.1) is 0 Å². The third kappa shape index (κ3) is 4.60. The SMILES string of the molecule is CC1(C)O[C@@H]2[C@H](O1)[C@@H](Nc1cncc(C(F)(F)F)n1)CO[C@@H]2CNc1ncccn1. The molecule has 12 heteroatoms. The number of fused-ring (bicyclic) bond motifs is 1. The Morgan fingerprint density at radius 3 is 2.60 bits per heavy atom. The summed E-state index contributed by atoms with van der Waals surface area (Å²) in [6.45, 7) is 4.11. The minimum absolute atomic E-state index is 0.0141. The zero-order chi connectivity index (χ0) is 21.4. The lowest BCUT2D eigenvalue weighted by atomic mass is 9.98. The van der Waals surface area contributed by atoms with Gasteiger partial charge < -0.3 is 24.8 Å². The van der Waals surface area contributed by atoms with Gasteiger partial charge in [0.2, 0.25) is 5.95 Å². The summed E-state index contributed by atoms with van der Waals surface area (Å²) in [4.78, 5) is 15.4. The van der Waals surface area contributed by atoms with Crippen molar-refractivity contribution >= 4 is 11.8 Å². The summed E-state index contributed by atoms with van der Waals surface area (Å²) in [6.07, 6.45) is -0.729. The smallest absolute Gasteiger partial charge is 0.371 e. The van der Waals surface area contributed by atoms with Crippen LogP contribution in [0.4, 0.5) is 24.9 Å². The number of nitrogens with zero attached hydrogens (tertiary/aromatic N) is 4. The first-order valence-electron chi connectivity index (χ1n) is 9.35. The van der Waals surface area contributed by atoms with Crippen molar-refractivity contribution in [3.8, 4) is 0 Å². The maximum absolute atomic E-state index is 12.9. The van der Waals surface area contributed by atoms with Crippen molar-refractivity contribution in [2.24, 2.45) is 0 Å². The summed E-state index contributed by atoms with van der Waals surface area (Å²) >= 11 is 0. The maximum Gasteiger partial charge on any atom is 0.434 e. The van der Waals surface area contributed by atoms with Crippen molar-refractivity contribution in [3.63, 3.8) is 0 Å². The molecule has 0 radical (unpaired) electrons. The molecule has 0 saturated carbocycles. The Balaban J connectivity index is 1.47. The molecule has 9 nitrogen and oxygen atoms in total. The van der Waals surface area contributed by atoms with Gasteiger partial charge in [-0.15, -0.1) is 0 Å². The van der Waals surface area contributed by atoms with Crippen LogP contribution in [0.5, 0.6) is 0 Å². The molecule has 0 unspecified atom stereocenters. The zero-order valence-electron chi connectivity index (χ0n) is 16.3. The van der Waals surface area contributed by atoms with Gasteiger partial charge in [-0.2, -0.15) is 13.2 Å². The normalized spacial score (nSPS) is 28.0. The Morgan fingerprint density at radius 1 is 1.13 bits per heavy atom. The van der Waals surface area contributed by atoms with Crippen molar-refractivity contribution in [1.29, 1.82) is 0 Å². The maximum atomic E-state index is 12.9. The number of halogens is 3. The number of hydrogen-bond acceptors (Lipinski definition) is 9. The number of rotatable bonds is 5. The van der Waals surface area contributed by atoms with Crippen molar-refractivity contribution in [2.75, 3.05) is 23.8 Å². The Labute approximate surface area is 170 Å². The molecule has 2 saturated heterocycles. The highest BCUT2D eigenvalue weighted by atomic mass is 19.4. The summed E-state index contributed by atoms with van der Waals surface area (Å²) in [6, 6.07) is 1.24. The highest BCUT2D eigenvalue weighted by Crippen LogP contribution is 2.36. The van der Waals surface area contributed by atoms with E-state index < -0.39 is 35.9 Å². The fourth-order valence-electron chi connectivity index (χ4n) is 3.48. The standard InChI is InChI=1S/C18H21F3N6O3/c1-17(2)29-14-10(26-13-8-22-7-12(27-13)18(19,20)21)9-28-11(15(14)30-17)6-25-16-23-4-3-5-24-16/h3-5,7-8,10-11,14-15H,6,9H2,1-2H3,(H,26,27)(H,23,24,25)/t10-,11+,14+,15-/m0/s1. The second-order valence-electron chi connectivity index (χ2n) is 7.43. The summed E-state index contributed by atoms with van der Waals surface area (Å²) < 4.78 is 56.7. The first-order valence-corrected chi connectivity index (χ1v) is 9.35. The molecule has 0 spiro atoms. The van der Waals surface area contributed by atoms with Gasteiger partial charge in [-0.25, -0.2) is 15.0 Å². The van der Waals surface area contributed by atoms with Gasteiger partial charge in [-0.05, 0) is 19.9 Å². The molecule has 162 valence electrons. The summed E-state index contributed by atoms with van der Waals surface area (Å²) in [7, 11) is 0. The van der Waals surface area contributed by atoms with Crippen LogP contribution in [-0.2, 0) is 20.4 Å². The Bertz CT molecular complexity index is 870. The third-order valence-corrected chi connectivity index (χ3v) is 4.70. The van der Waals surface area contributed by atoms with Crippen LogP contribution in [0.1, 0.15) is 19.5 Å². The highest BCUT2D eigenvalue weighted by Gasteiger charge is 2.52. The van der Waals surface area contributed by atoms with Crippen molar-refractivity contribution in [2.45, 2.75) is 50.2 Å². The topological polar surface area (TPSA) is 103 Å². The van der Waals surface area contributed by atoms with E-state index in [1.807, 2.05) is 0 Å². The van der Waals surface area contributed by atoms with Gasteiger partial charge in [0.1, 0.15) is 24.1 Å². The fourth-order valence-corrected chi connectivity index (χ4v) is 3.48. The van der Waals surface area contributed by atoms with Crippen LogP contribution in [-0.4, -0.2) is 63.2 Å². The van der Waals surface area contributed by atoms with E-state index in [4.69, 9.17) is 14.2 Å². The van der Waals surface area contributed by atoms with E-state index in [0.29, 0.717) is 18.7 Å². The molecule has 2 aliphatic rings. The van der Waals surface area contributed by atoms with Crippen LogP contribution >= 0.6 is 0 Å². The number of hydrogen-bond donors (Lipinski definition) is 2. The summed E-state index contributed by atoms with van der Waals surface area (Å²) in [5, 5.41) is 6.04. The van der Waals surface area contributed by atoms with Gasteiger partial charge in [0.15, 0.2) is 11.5 Å². The van der Waals surface area contributed by atoms with Gasteiger partial charge in [0, 0.05) is 18.9 Å². The predicted molar refractivity (Wildman–Crippen MR) is 98.5 cm³/mol. The lowest BCUT2D eigenvalue weighted by Gasteiger charge is -2.37. The van der Waals surface area contributed by atoms with Crippen molar-refractivity contribution in [1.82, 2.24) is 19.9 Å². The lowest BCUT2D eigenvalue weighted by Crippen LogP contribution is -2.56.